The topological polar surface area (TPSA) is 108 Å². The minimum atomic E-state index is -0.520. The summed E-state index contributed by atoms with van der Waals surface area (Å²) in [7, 11) is 0. The standard InChI is InChI=1S/C12H16N6O3/c1-3-16-5-4-10(15-16)6-13-12(19)8-17-7-11(18(20)21)9(2)14-17/h4-5,7H,3,6,8H2,1-2H3,(H,13,19). The van der Waals surface area contributed by atoms with Crippen LogP contribution in [0.15, 0.2) is 18.5 Å². The third-order valence-electron chi connectivity index (χ3n) is 2.91. The van der Waals surface area contributed by atoms with Gasteiger partial charge in [0.2, 0.25) is 5.91 Å². The predicted octanol–water partition coefficient (Wildman–Crippen LogP) is 0.633. The van der Waals surface area contributed by atoms with Crippen LogP contribution in [0.5, 0.6) is 0 Å². The van der Waals surface area contributed by atoms with Crippen molar-refractivity contribution in [2.45, 2.75) is 33.5 Å². The van der Waals surface area contributed by atoms with E-state index in [9.17, 15) is 14.9 Å². The van der Waals surface area contributed by atoms with E-state index in [2.05, 4.69) is 15.5 Å². The highest BCUT2D eigenvalue weighted by Crippen LogP contribution is 2.14. The van der Waals surface area contributed by atoms with Crippen molar-refractivity contribution in [1.82, 2.24) is 24.9 Å². The lowest BCUT2D eigenvalue weighted by Crippen LogP contribution is -2.27. The van der Waals surface area contributed by atoms with E-state index in [1.165, 1.54) is 17.8 Å². The minimum absolute atomic E-state index is 0.0663. The van der Waals surface area contributed by atoms with Crippen LogP contribution >= 0.6 is 0 Å². The van der Waals surface area contributed by atoms with E-state index in [4.69, 9.17) is 0 Å². The van der Waals surface area contributed by atoms with Crippen LogP contribution in [0.4, 0.5) is 5.69 Å². The van der Waals surface area contributed by atoms with Crippen LogP contribution in [-0.4, -0.2) is 30.4 Å². The largest absolute Gasteiger partial charge is 0.349 e. The molecule has 0 spiro atoms. The molecule has 0 saturated heterocycles. The van der Waals surface area contributed by atoms with Crippen LogP contribution in [0.25, 0.3) is 0 Å². The minimum Gasteiger partial charge on any atom is -0.349 e. The van der Waals surface area contributed by atoms with Gasteiger partial charge >= 0.3 is 5.69 Å². The van der Waals surface area contributed by atoms with Crippen molar-refractivity contribution in [2.24, 2.45) is 0 Å². The zero-order valence-electron chi connectivity index (χ0n) is 11.8. The number of hydrogen-bond donors (Lipinski definition) is 1. The molecule has 1 amide bonds. The molecule has 0 saturated carbocycles. The third-order valence-corrected chi connectivity index (χ3v) is 2.91. The molecule has 2 aromatic heterocycles. The van der Waals surface area contributed by atoms with Gasteiger partial charge in [-0.15, -0.1) is 0 Å². The molecule has 0 aliphatic heterocycles. The van der Waals surface area contributed by atoms with Gasteiger partial charge in [0.05, 0.1) is 17.2 Å². The van der Waals surface area contributed by atoms with Gasteiger partial charge in [0.25, 0.3) is 0 Å². The summed E-state index contributed by atoms with van der Waals surface area (Å²) in [4.78, 5) is 22.0. The normalized spacial score (nSPS) is 10.6. The van der Waals surface area contributed by atoms with Gasteiger partial charge in [-0.1, -0.05) is 0 Å². The van der Waals surface area contributed by atoms with Gasteiger partial charge < -0.3 is 5.32 Å². The van der Waals surface area contributed by atoms with Gasteiger partial charge in [-0.05, 0) is 19.9 Å². The zero-order chi connectivity index (χ0) is 15.4. The Hall–Kier alpha value is -2.71. The Morgan fingerprint density at radius 3 is 2.76 bits per heavy atom. The molecule has 0 aliphatic carbocycles. The monoisotopic (exact) mass is 292 g/mol. The van der Waals surface area contributed by atoms with Crippen LogP contribution in [-0.2, 0) is 24.4 Å². The van der Waals surface area contributed by atoms with Crippen molar-refractivity contribution in [2.75, 3.05) is 0 Å². The molecule has 0 radical (unpaired) electrons. The number of hydrogen-bond acceptors (Lipinski definition) is 5. The van der Waals surface area contributed by atoms with E-state index in [1.807, 2.05) is 19.2 Å². The average Bonchev–Trinajstić information content (AvgIpc) is 3.03. The molecule has 0 bridgehead atoms. The molecular weight excluding hydrogens is 276 g/mol. The number of nitro groups is 1. The number of aromatic nitrogens is 4. The Morgan fingerprint density at radius 1 is 1.43 bits per heavy atom. The number of nitrogens with zero attached hydrogens (tertiary/aromatic N) is 5. The van der Waals surface area contributed by atoms with Gasteiger partial charge in [-0.2, -0.15) is 10.2 Å². The fourth-order valence-corrected chi connectivity index (χ4v) is 1.83. The summed E-state index contributed by atoms with van der Waals surface area (Å²) in [5.74, 6) is -0.279. The molecule has 0 unspecified atom stereocenters. The molecule has 2 rings (SSSR count). The lowest BCUT2D eigenvalue weighted by molar-refractivity contribution is -0.385. The predicted molar refractivity (Wildman–Crippen MR) is 73.4 cm³/mol. The molecule has 2 heterocycles. The highest BCUT2D eigenvalue weighted by Gasteiger charge is 2.16. The number of rotatable bonds is 6. The van der Waals surface area contributed by atoms with E-state index >= 15 is 0 Å². The molecule has 1 N–H and O–H groups in total. The van der Waals surface area contributed by atoms with E-state index in [0.29, 0.717) is 6.54 Å². The quantitative estimate of drug-likeness (QED) is 0.620. The lowest BCUT2D eigenvalue weighted by Gasteiger charge is -2.03. The van der Waals surface area contributed by atoms with Crippen LogP contribution in [0.1, 0.15) is 18.3 Å². The van der Waals surface area contributed by atoms with Gasteiger partial charge in [-0.3, -0.25) is 24.3 Å². The van der Waals surface area contributed by atoms with Crippen molar-refractivity contribution < 1.29 is 9.72 Å². The molecule has 112 valence electrons. The first-order valence-electron chi connectivity index (χ1n) is 6.47. The zero-order valence-corrected chi connectivity index (χ0v) is 11.8. The van der Waals surface area contributed by atoms with Crippen molar-refractivity contribution in [1.29, 1.82) is 0 Å². The first-order valence-corrected chi connectivity index (χ1v) is 6.47. The Kier molecular flexibility index (Phi) is 4.31. The first kappa shape index (κ1) is 14.7. The third kappa shape index (κ3) is 3.65. The number of amides is 1. The molecule has 0 atom stereocenters. The highest BCUT2D eigenvalue weighted by atomic mass is 16.6. The van der Waals surface area contributed by atoms with Crippen LogP contribution in [0.3, 0.4) is 0 Å². The van der Waals surface area contributed by atoms with E-state index in [1.54, 1.807) is 4.68 Å². The Balaban J connectivity index is 1.89. The number of carbonyl (C=O) groups excluding carboxylic acids is 1. The molecule has 9 nitrogen and oxygen atoms in total. The fourth-order valence-electron chi connectivity index (χ4n) is 1.83. The maximum atomic E-state index is 11.8. The first-order chi connectivity index (χ1) is 9.99. The Labute approximate surface area is 120 Å². The Bertz CT molecular complexity index is 660. The molecular formula is C12H16N6O3. The van der Waals surface area contributed by atoms with E-state index < -0.39 is 4.92 Å². The number of carbonyl (C=O) groups is 1. The van der Waals surface area contributed by atoms with Gasteiger partial charge in [0.1, 0.15) is 18.4 Å². The van der Waals surface area contributed by atoms with E-state index in [0.717, 1.165) is 12.2 Å². The number of aryl methyl sites for hydroxylation is 2. The summed E-state index contributed by atoms with van der Waals surface area (Å²) in [6, 6.07) is 1.83. The van der Waals surface area contributed by atoms with E-state index in [-0.39, 0.29) is 23.8 Å². The van der Waals surface area contributed by atoms with Gasteiger partial charge in [0, 0.05) is 12.7 Å². The average molecular weight is 292 g/mol. The summed E-state index contributed by atoms with van der Waals surface area (Å²) < 4.78 is 3.02. The maximum absolute atomic E-state index is 11.8. The molecule has 0 aromatic carbocycles. The lowest BCUT2D eigenvalue weighted by atomic mass is 10.4. The summed E-state index contributed by atoms with van der Waals surface area (Å²) in [5, 5.41) is 21.6. The molecule has 0 aliphatic rings. The Morgan fingerprint density at radius 2 is 2.19 bits per heavy atom. The van der Waals surface area contributed by atoms with Crippen LogP contribution in [0.2, 0.25) is 0 Å². The SMILES string of the molecule is CCn1ccc(CNC(=O)Cn2cc([N+](=O)[O-])c(C)n2)n1. The maximum Gasteiger partial charge on any atom is 0.309 e. The smallest absolute Gasteiger partial charge is 0.309 e. The highest BCUT2D eigenvalue weighted by molar-refractivity contribution is 5.75. The van der Waals surface area contributed by atoms with Crippen LogP contribution < -0.4 is 5.32 Å². The van der Waals surface area contributed by atoms with Crippen molar-refractivity contribution in [3.8, 4) is 0 Å². The van der Waals surface area contributed by atoms with Crippen molar-refractivity contribution >= 4 is 11.6 Å². The molecule has 0 fully saturated rings. The summed E-state index contributed by atoms with van der Waals surface area (Å²) in [6.45, 7) is 4.52. The number of nitrogens with one attached hydrogen (secondary N) is 1. The molecule has 9 heteroatoms. The van der Waals surface area contributed by atoms with Crippen LogP contribution in [0, 0.1) is 17.0 Å². The van der Waals surface area contributed by atoms with Crippen molar-refractivity contribution in [3.05, 3.63) is 40.0 Å². The second-order valence-corrected chi connectivity index (χ2v) is 4.49. The molecule has 21 heavy (non-hydrogen) atoms. The van der Waals surface area contributed by atoms with Crippen molar-refractivity contribution in [3.63, 3.8) is 0 Å². The summed E-state index contributed by atoms with van der Waals surface area (Å²) in [5.41, 5.74) is 0.951. The van der Waals surface area contributed by atoms with Gasteiger partial charge in [0.15, 0.2) is 0 Å². The summed E-state index contributed by atoms with van der Waals surface area (Å²) >= 11 is 0. The fraction of sp³-hybridized carbons (Fsp3) is 0.417. The summed E-state index contributed by atoms with van der Waals surface area (Å²) in [6.07, 6.45) is 3.09. The second-order valence-electron chi connectivity index (χ2n) is 4.49. The second kappa shape index (κ2) is 6.16. The van der Waals surface area contributed by atoms with Gasteiger partial charge in [-0.25, -0.2) is 0 Å². The molecule has 2 aromatic rings.